The Labute approximate surface area is 198 Å². The molecule has 2 aliphatic heterocycles. The minimum absolute atomic E-state index is 0.0597. The number of ether oxygens (including phenoxy) is 2. The third kappa shape index (κ3) is 6.79. The molecule has 3 rings (SSSR count). The molecule has 6 nitrogen and oxygen atoms in total. The van der Waals surface area contributed by atoms with Crippen molar-refractivity contribution in [2.75, 3.05) is 20.3 Å². The molecule has 0 amide bonds. The number of aliphatic hydroxyl groups excluding tert-OH is 1. The van der Waals surface area contributed by atoms with Crippen LogP contribution in [0.5, 0.6) is 11.5 Å². The first-order chi connectivity index (χ1) is 15.9. The molecule has 0 saturated heterocycles. The van der Waals surface area contributed by atoms with Crippen LogP contribution in [0.1, 0.15) is 52.0 Å². The fourth-order valence-corrected chi connectivity index (χ4v) is 4.06. The quantitative estimate of drug-likeness (QED) is 0.309. The van der Waals surface area contributed by atoms with Crippen LogP contribution in [0.25, 0.3) is 0 Å². The van der Waals surface area contributed by atoms with Crippen molar-refractivity contribution >= 4 is 6.21 Å². The molecule has 4 N–H and O–H groups in total. The monoisotopic (exact) mass is 455 g/mol. The van der Waals surface area contributed by atoms with Gasteiger partial charge in [0, 0.05) is 18.9 Å². The van der Waals surface area contributed by atoms with E-state index in [1.807, 2.05) is 31.5 Å². The third-order valence-corrected chi connectivity index (χ3v) is 6.26. The Kier molecular flexibility index (Phi) is 9.30. The van der Waals surface area contributed by atoms with E-state index >= 15 is 0 Å². The number of hydrogen-bond donors (Lipinski definition) is 3. The number of nitrogens with one attached hydrogen (secondary N) is 1. The minimum Gasteiger partial charge on any atom is -0.504 e. The summed E-state index contributed by atoms with van der Waals surface area (Å²) >= 11 is 0. The Hall–Kier alpha value is -2.41. The Morgan fingerprint density at radius 2 is 2.15 bits per heavy atom. The summed E-state index contributed by atoms with van der Waals surface area (Å²) < 4.78 is 10.8. The van der Waals surface area contributed by atoms with Gasteiger partial charge in [-0.25, -0.2) is 0 Å². The number of rotatable bonds is 13. The molecule has 0 bridgehead atoms. The highest BCUT2D eigenvalue weighted by Gasteiger charge is 2.30. The van der Waals surface area contributed by atoms with Crippen LogP contribution in [-0.4, -0.2) is 53.6 Å². The van der Waals surface area contributed by atoms with Crippen molar-refractivity contribution in [3.05, 3.63) is 59.2 Å². The van der Waals surface area contributed by atoms with E-state index < -0.39 is 0 Å². The van der Waals surface area contributed by atoms with Gasteiger partial charge >= 0.3 is 0 Å². The van der Waals surface area contributed by atoms with Gasteiger partial charge in [-0.15, -0.1) is 16.6 Å². The standard InChI is InChI=1S/C27H38N2O4/c1-5-6-7-26-21(16-30)13-22(33-26)10-8-19-9-11-25(31)27(12-19)32-17-24(28-4)23-14-20(15-29-23)18(2)3/h9,11-15,18,24,26,28,30,33H,5-8,10,16-17H2,1-4H3/p+1. The maximum absolute atomic E-state index is 10.3. The first-order valence-corrected chi connectivity index (χ1v) is 12.1. The average molecular weight is 456 g/mol. The molecule has 2 unspecified atom stereocenters. The number of phenolic OH excluding ortho intramolecular Hbond substituents is 1. The van der Waals surface area contributed by atoms with Gasteiger partial charge in [0.2, 0.25) is 0 Å². The number of benzene rings is 1. The molecule has 2 atom stereocenters. The van der Waals surface area contributed by atoms with Gasteiger partial charge in [0.25, 0.3) is 0 Å². The lowest BCUT2D eigenvalue weighted by atomic mass is 9.97. The van der Waals surface area contributed by atoms with Crippen molar-refractivity contribution in [3.8, 4) is 11.5 Å². The van der Waals surface area contributed by atoms with E-state index in [4.69, 9.17) is 9.47 Å². The number of phenols is 1. The number of hydrogen-bond acceptors (Lipinski definition) is 5. The maximum Gasteiger partial charge on any atom is 0.196 e. The summed E-state index contributed by atoms with van der Waals surface area (Å²) in [5.74, 6) is 2.25. The van der Waals surface area contributed by atoms with Crippen molar-refractivity contribution in [2.24, 2.45) is 10.9 Å². The van der Waals surface area contributed by atoms with E-state index in [1.54, 1.807) is 6.07 Å². The van der Waals surface area contributed by atoms with Crippen LogP contribution in [-0.2, 0) is 6.42 Å². The summed E-state index contributed by atoms with van der Waals surface area (Å²) in [6.45, 7) is 6.92. The summed E-state index contributed by atoms with van der Waals surface area (Å²) in [6, 6.07) is 5.45. The number of nitrogens with zero attached hydrogens (tertiary/aromatic N) is 1. The lowest BCUT2D eigenvalue weighted by Gasteiger charge is -2.19. The zero-order valence-electron chi connectivity index (χ0n) is 20.3. The van der Waals surface area contributed by atoms with Gasteiger partial charge in [0.05, 0.1) is 6.10 Å². The second kappa shape index (κ2) is 12.2. The summed E-state index contributed by atoms with van der Waals surface area (Å²) in [6.07, 6.45) is 12.1. The SMILES string of the molecule is CCCCC1[OH+][C-](CCc2ccc(O)c(OCC(NC)C3=C[C+](C(C)C)C=N3)c2)C=C1CO. The summed E-state index contributed by atoms with van der Waals surface area (Å²) in [7, 11) is 1.89. The number of unbranched alkanes of at least 4 members (excludes halogenated alkanes) is 1. The Bertz CT molecular complexity index is 862. The molecule has 0 spiro atoms. The van der Waals surface area contributed by atoms with Crippen LogP contribution in [0, 0.1) is 17.9 Å². The molecule has 33 heavy (non-hydrogen) atoms. The van der Waals surface area contributed by atoms with Crippen molar-refractivity contribution in [1.82, 2.24) is 5.32 Å². The highest BCUT2D eigenvalue weighted by Crippen LogP contribution is 2.32. The molecule has 2 aliphatic rings. The van der Waals surface area contributed by atoms with E-state index in [9.17, 15) is 10.2 Å². The zero-order valence-corrected chi connectivity index (χ0v) is 20.3. The predicted molar refractivity (Wildman–Crippen MR) is 133 cm³/mol. The Morgan fingerprint density at radius 1 is 1.33 bits per heavy atom. The maximum atomic E-state index is 10.3. The van der Waals surface area contributed by atoms with Gasteiger partial charge in [0.1, 0.15) is 30.9 Å². The highest BCUT2D eigenvalue weighted by atomic mass is 16.5. The molecule has 6 heteroatoms. The number of aliphatic imine (C=N–C) groups is 1. The van der Waals surface area contributed by atoms with Crippen molar-refractivity contribution in [2.45, 2.75) is 65.0 Å². The van der Waals surface area contributed by atoms with Crippen molar-refractivity contribution < 1.29 is 19.7 Å². The van der Waals surface area contributed by atoms with E-state index in [2.05, 4.69) is 37.2 Å². The van der Waals surface area contributed by atoms with Crippen LogP contribution in [0.4, 0.5) is 0 Å². The van der Waals surface area contributed by atoms with Gasteiger partial charge in [-0.2, -0.15) is 0 Å². The van der Waals surface area contributed by atoms with E-state index in [0.29, 0.717) is 18.3 Å². The van der Waals surface area contributed by atoms with Crippen LogP contribution in [0.15, 0.2) is 46.6 Å². The predicted octanol–water partition coefficient (Wildman–Crippen LogP) is 4.04. The summed E-state index contributed by atoms with van der Waals surface area (Å²) in [5.41, 5.74) is 3.05. The molecule has 0 aromatic heterocycles. The van der Waals surface area contributed by atoms with E-state index in [1.165, 1.54) is 5.92 Å². The molecule has 0 saturated carbocycles. The number of likely N-dealkylation sites (N-methyl/N-ethyl adjacent to an activating group) is 1. The second-order valence-corrected chi connectivity index (χ2v) is 9.09. The van der Waals surface area contributed by atoms with Gasteiger partial charge in [-0.3, -0.25) is 5.32 Å². The lowest BCUT2D eigenvalue weighted by Crippen LogP contribution is -2.32. The summed E-state index contributed by atoms with van der Waals surface area (Å²) in [4.78, 5) is 4.53. The van der Waals surface area contributed by atoms with Crippen molar-refractivity contribution in [1.29, 1.82) is 0 Å². The minimum atomic E-state index is -0.0597. The van der Waals surface area contributed by atoms with Gasteiger partial charge < -0.3 is 19.7 Å². The average Bonchev–Trinajstić information content (AvgIpc) is 3.45. The highest BCUT2D eigenvalue weighted by molar-refractivity contribution is 5.83. The molecular formula is C27H39N2O4+. The van der Waals surface area contributed by atoms with Crippen LogP contribution < -0.4 is 10.1 Å². The smallest absolute Gasteiger partial charge is 0.196 e. The Balaban J connectivity index is 1.56. The Morgan fingerprint density at radius 3 is 2.82 bits per heavy atom. The molecule has 180 valence electrons. The molecule has 2 heterocycles. The topological polar surface area (TPSA) is 86.9 Å². The molecular weight excluding hydrogens is 416 g/mol. The fraction of sp³-hybridized carbons (Fsp3) is 0.519. The molecule has 0 fully saturated rings. The second-order valence-electron chi connectivity index (χ2n) is 9.09. The van der Waals surface area contributed by atoms with E-state index in [0.717, 1.165) is 55.0 Å². The largest absolute Gasteiger partial charge is 0.504 e. The van der Waals surface area contributed by atoms with Crippen molar-refractivity contribution in [3.63, 3.8) is 0 Å². The normalized spacial score (nSPS) is 18.8. The fourth-order valence-electron chi connectivity index (χ4n) is 4.06. The van der Waals surface area contributed by atoms with Gasteiger partial charge in [0.15, 0.2) is 23.2 Å². The van der Waals surface area contributed by atoms with Crippen LogP contribution in [0.2, 0.25) is 0 Å². The number of aliphatic hydroxyl groups is 3. The van der Waals surface area contributed by atoms with Crippen LogP contribution in [0.3, 0.4) is 0 Å². The number of aryl methyl sites for hydroxylation is 1. The first-order valence-electron chi connectivity index (χ1n) is 12.1. The molecule has 1 aromatic carbocycles. The first kappa shape index (κ1) is 25.2. The molecule has 0 radical (unpaired) electrons. The number of aromatic hydroxyl groups is 1. The van der Waals surface area contributed by atoms with Crippen LogP contribution >= 0.6 is 0 Å². The van der Waals surface area contributed by atoms with Gasteiger partial charge in [-0.05, 0) is 57.9 Å². The molecule has 0 aliphatic carbocycles. The lowest BCUT2D eigenvalue weighted by molar-refractivity contribution is -0.0550. The summed E-state index contributed by atoms with van der Waals surface area (Å²) in [5, 5.41) is 23.2. The van der Waals surface area contributed by atoms with E-state index in [-0.39, 0.29) is 24.5 Å². The number of allylic oxidation sites excluding steroid dienone is 1. The molecule has 1 aromatic rings. The third-order valence-electron chi connectivity index (χ3n) is 6.26. The zero-order chi connectivity index (χ0) is 23.8. The van der Waals surface area contributed by atoms with Gasteiger partial charge in [-0.1, -0.05) is 19.4 Å².